The van der Waals surface area contributed by atoms with Crippen molar-refractivity contribution in [3.63, 3.8) is 0 Å². The number of hydrogen-bond acceptors (Lipinski definition) is 8. The third-order valence-corrected chi connectivity index (χ3v) is 8.18. The Balaban J connectivity index is 1.82. The van der Waals surface area contributed by atoms with Crippen LogP contribution in [0.2, 0.25) is 0 Å². The summed E-state index contributed by atoms with van der Waals surface area (Å²) in [5.41, 5.74) is -0.214. The molecular formula is C16H25N3O5S2. The lowest BCUT2D eigenvalue weighted by molar-refractivity contribution is -0.383. The standard InChI is InChI=1S/C16H25N3O5S2/c1-26(22,23)14-11-13(19(20)21)15(25-14)17-12-16(5-3-2-4-6-16)18-7-9-24-10-8-18/h11,17H,2-10,12H2,1H3. The van der Waals surface area contributed by atoms with Gasteiger partial charge in [0.25, 0.3) is 0 Å². The van der Waals surface area contributed by atoms with Gasteiger partial charge in [-0.2, -0.15) is 0 Å². The van der Waals surface area contributed by atoms with Gasteiger partial charge in [0.2, 0.25) is 0 Å². The van der Waals surface area contributed by atoms with E-state index in [1.165, 1.54) is 6.42 Å². The summed E-state index contributed by atoms with van der Waals surface area (Å²) in [7, 11) is -3.47. The molecule has 146 valence electrons. The van der Waals surface area contributed by atoms with E-state index in [0.29, 0.717) is 24.8 Å². The van der Waals surface area contributed by atoms with Crippen LogP contribution in [-0.4, -0.2) is 62.9 Å². The Morgan fingerprint density at radius 3 is 2.54 bits per heavy atom. The predicted octanol–water partition coefficient (Wildman–Crippen LogP) is 2.51. The van der Waals surface area contributed by atoms with Crippen molar-refractivity contribution in [3.8, 4) is 0 Å². The zero-order valence-electron chi connectivity index (χ0n) is 14.9. The number of hydrogen-bond donors (Lipinski definition) is 1. The molecule has 2 heterocycles. The van der Waals surface area contributed by atoms with Gasteiger partial charge in [-0.1, -0.05) is 30.6 Å². The maximum absolute atomic E-state index is 11.8. The maximum Gasteiger partial charge on any atom is 0.304 e. The monoisotopic (exact) mass is 403 g/mol. The van der Waals surface area contributed by atoms with Gasteiger partial charge in [0.05, 0.1) is 18.1 Å². The summed E-state index contributed by atoms with van der Waals surface area (Å²) >= 11 is 0.945. The molecule has 0 unspecified atom stereocenters. The number of nitro groups is 1. The fraction of sp³-hybridized carbons (Fsp3) is 0.750. The van der Waals surface area contributed by atoms with Crippen LogP contribution in [0, 0.1) is 10.1 Å². The molecular weight excluding hydrogens is 378 g/mol. The molecule has 10 heteroatoms. The van der Waals surface area contributed by atoms with Crippen LogP contribution in [-0.2, 0) is 14.6 Å². The molecule has 3 rings (SSSR count). The van der Waals surface area contributed by atoms with Gasteiger partial charge >= 0.3 is 5.69 Å². The Morgan fingerprint density at radius 1 is 1.31 bits per heavy atom. The molecule has 1 aromatic rings. The molecule has 8 nitrogen and oxygen atoms in total. The zero-order valence-corrected chi connectivity index (χ0v) is 16.5. The summed E-state index contributed by atoms with van der Waals surface area (Å²) in [6.07, 6.45) is 6.64. The van der Waals surface area contributed by atoms with Gasteiger partial charge in [0.1, 0.15) is 4.21 Å². The first-order chi connectivity index (χ1) is 12.3. The van der Waals surface area contributed by atoms with Gasteiger partial charge in [-0.05, 0) is 12.8 Å². The van der Waals surface area contributed by atoms with Gasteiger partial charge < -0.3 is 10.1 Å². The minimum atomic E-state index is -3.47. The summed E-state index contributed by atoms with van der Waals surface area (Å²) in [5.74, 6) is 0. The number of nitrogens with zero attached hydrogens (tertiary/aromatic N) is 2. The van der Waals surface area contributed by atoms with E-state index < -0.39 is 14.8 Å². The summed E-state index contributed by atoms with van der Waals surface area (Å²) < 4.78 is 29.0. The van der Waals surface area contributed by atoms with Crippen LogP contribution in [0.5, 0.6) is 0 Å². The van der Waals surface area contributed by atoms with Crippen LogP contribution in [0.4, 0.5) is 10.7 Å². The van der Waals surface area contributed by atoms with E-state index in [1.54, 1.807) is 0 Å². The average Bonchev–Trinajstić information content (AvgIpc) is 3.07. The van der Waals surface area contributed by atoms with Crippen molar-refractivity contribution in [1.29, 1.82) is 0 Å². The SMILES string of the molecule is CS(=O)(=O)c1cc([N+](=O)[O-])c(NCC2(N3CCOCC3)CCCCC2)s1. The van der Waals surface area contributed by atoms with Crippen LogP contribution in [0.3, 0.4) is 0 Å². The van der Waals surface area contributed by atoms with E-state index in [-0.39, 0.29) is 15.4 Å². The van der Waals surface area contributed by atoms with Crippen molar-refractivity contribution < 1.29 is 18.1 Å². The smallest absolute Gasteiger partial charge is 0.304 e. The molecule has 0 spiro atoms. The molecule has 0 amide bonds. The highest BCUT2D eigenvalue weighted by Crippen LogP contribution is 2.39. The van der Waals surface area contributed by atoms with Crippen molar-refractivity contribution in [1.82, 2.24) is 4.90 Å². The lowest BCUT2D eigenvalue weighted by Crippen LogP contribution is -2.57. The molecule has 0 atom stereocenters. The molecule has 1 aromatic heterocycles. The third-order valence-electron chi connectivity index (χ3n) is 5.30. The second-order valence-corrected chi connectivity index (χ2v) is 10.3. The number of thiophene rings is 1. The molecule has 2 fully saturated rings. The van der Waals surface area contributed by atoms with Crippen molar-refractivity contribution in [2.24, 2.45) is 0 Å². The van der Waals surface area contributed by atoms with Crippen LogP contribution in [0.1, 0.15) is 32.1 Å². The quantitative estimate of drug-likeness (QED) is 0.575. The van der Waals surface area contributed by atoms with E-state index in [2.05, 4.69) is 10.2 Å². The Labute approximate surface area is 157 Å². The molecule has 1 saturated carbocycles. The number of morpholine rings is 1. The second-order valence-electron chi connectivity index (χ2n) is 7.05. The molecule has 1 saturated heterocycles. The van der Waals surface area contributed by atoms with Crippen molar-refractivity contribution >= 4 is 31.9 Å². The molecule has 1 aliphatic heterocycles. The largest absolute Gasteiger partial charge is 0.379 e. The second kappa shape index (κ2) is 7.79. The summed E-state index contributed by atoms with van der Waals surface area (Å²) in [6, 6.07) is 1.16. The normalized spacial score (nSPS) is 21.4. The van der Waals surface area contributed by atoms with E-state index in [1.807, 2.05) is 0 Å². The molecule has 2 aliphatic rings. The van der Waals surface area contributed by atoms with Gasteiger partial charge in [-0.15, -0.1) is 0 Å². The van der Waals surface area contributed by atoms with Gasteiger partial charge in [0.15, 0.2) is 14.8 Å². The lowest BCUT2D eigenvalue weighted by atomic mass is 9.80. The van der Waals surface area contributed by atoms with Crippen LogP contribution in [0.25, 0.3) is 0 Å². The molecule has 26 heavy (non-hydrogen) atoms. The first kappa shape index (κ1) is 19.5. The molecule has 0 bridgehead atoms. The van der Waals surface area contributed by atoms with Crippen molar-refractivity contribution in [2.75, 3.05) is 44.4 Å². The number of rotatable bonds is 6. The van der Waals surface area contributed by atoms with Crippen molar-refractivity contribution in [2.45, 2.75) is 41.9 Å². The Morgan fingerprint density at radius 2 is 1.96 bits per heavy atom. The molecule has 0 radical (unpaired) electrons. The Hall–Kier alpha value is -1.23. The van der Waals surface area contributed by atoms with E-state index >= 15 is 0 Å². The first-order valence-electron chi connectivity index (χ1n) is 8.87. The highest BCUT2D eigenvalue weighted by molar-refractivity contribution is 7.92. The fourth-order valence-electron chi connectivity index (χ4n) is 3.90. The number of nitrogens with one attached hydrogen (secondary N) is 1. The van der Waals surface area contributed by atoms with Gasteiger partial charge in [-0.25, -0.2) is 8.42 Å². The summed E-state index contributed by atoms with van der Waals surface area (Å²) in [5, 5.41) is 14.9. The zero-order chi connectivity index (χ0) is 18.8. The minimum Gasteiger partial charge on any atom is -0.379 e. The Bertz CT molecular complexity index is 750. The summed E-state index contributed by atoms with van der Waals surface area (Å²) in [4.78, 5) is 13.3. The van der Waals surface area contributed by atoms with Crippen LogP contribution in [0.15, 0.2) is 10.3 Å². The van der Waals surface area contributed by atoms with E-state index in [0.717, 1.165) is 62.4 Å². The minimum absolute atomic E-state index is 0.0239. The molecule has 1 N–H and O–H groups in total. The van der Waals surface area contributed by atoms with E-state index in [4.69, 9.17) is 4.74 Å². The maximum atomic E-state index is 11.8. The first-order valence-corrected chi connectivity index (χ1v) is 11.6. The predicted molar refractivity (Wildman–Crippen MR) is 101 cm³/mol. The third kappa shape index (κ3) is 4.19. The highest BCUT2D eigenvalue weighted by atomic mass is 32.2. The number of sulfone groups is 1. The van der Waals surface area contributed by atoms with Crippen molar-refractivity contribution in [3.05, 3.63) is 16.2 Å². The lowest BCUT2D eigenvalue weighted by Gasteiger charge is -2.48. The van der Waals surface area contributed by atoms with E-state index in [9.17, 15) is 18.5 Å². The number of anilines is 1. The molecule has 1 aliphatic carbocycles. The average molecular weight is 404 g/mol. The van der Waals surface area contributed by atoms with Crippen LogP contribution < -0.4 is 5.32 Å². The Kier molecular flexibility index (Phi) is 5.85. The topological polar surface area (TPSA) is 102 Å². The molecule has 0 aromatic carbocycles. The van der Waals surface area contributed by atoms with Crippen LogP contribution >= 0.6 is 11.3 Å². The summed E-state index contributed by atoms with van der Waals surface area (Å²) in [6.45, 7) is 3.72. The fourth-order valence-corrected chi connectivity index (χ4v) is 5.84. The number of ether oxygens (including phenoxy) is 1. The highest BCUT2D eigenvalue weighted by Gasteiger charge is 2.39. The van der Waals surface area contributed by atoms with Gasteiger partial charge in [-0.3, -0.25) is 15.0 Å². The van der Waals surface area contributed by atoms with Gasteiger partial charge in [0, 0.05) is 37.5 Å².